The van der Waals surface area contributed by atoms with Gasteiger partial charge in [0.25, 0.3) is 0 Å². The van der Waals surface area contributed by atoms with Crippen molar-refractivity contribution in [1.29, 1.82) is 0 Å². The zero-order chi connectivity index (χ0) is 19.3. The molecule has 0 unspecified atom stereocenters. The van der Waals surface area contributed by atoms with Crippen molar-refractivity contribution in [2.45, 2.75) is 5.92 Å². The maximum atomic E-state index is 12.0. The summed E-state index contributed by atoms with van der Waals surface area (Å²) in [4.78, 5) is 16.0. The van der Waals surface area contributed by atoms with Gasteiger partial charge < -0.3 is 15.2 Å². The number of amides is 1. The van der Waals surface area contributed by atoms with E-state index < -0.39 is 6.09 Å². The largest absolute Gasteiger partial charge is 0.505 e. The summed E-state index contributed by atoms with van der Waals surface area (Å²) in [6.45, 7) is 0.362. The van der Waals surface area contributed by atoms with Crippen LogP contribution in [0.5, 0.6) is 5.75 Å². The van der Waals surface area contributed by atoms with Crippen LogP contribution in [0.4, 0.5) is 4.79 Å². The van der Waals surface area contributed by atoms with E-state index >= 15 is 0 Å². The molecule has 1 aliphatic rings. The molecule has 0 atom stereocenters. The van der Waals surface area contributed by atoms with E-state index in [0.717, 1.165) is 0 Å². The van der Waals surface area contributed by atoms with Crippen LogP contribution in [0, 0.1) is 11.8 Å². The molecule has 0 spiro atoms. The molecule has 0 saturated carbocycles. The summed E-state index contributed by atoms with van der Waals surface area (Å²) in [6, 6.07) is 19.5. The predicted molar refractivity (Wildman–Crippen MR) is 106 cm³/mol. The van der Waals surface area contributed by atoms with Crippen LogP contribution in [0.1, 0.15) is 22.7 Å². The summed E-state index contributed by atoms with van der Waals surface area (Å²) >= 11 is 0. The van der Waals surface area contributed by atoms with Crippen molar-refractivity contribution >= 4 is 6.09 Å². The van der Waals surface area contributed by atoms with Gasteiger partial charge in [-0.3, -0.25) is 0 Å². The Labute approximate surface area is 163 Å². The number of hydrogen-bond donors (Lipinski definition) is 2. The van der Waals surface area contributed by atoms with Crippen LogP contribution in [0.3, 0.4) is 0 Å². The molecule has 0 saturated heterocycles. The van der Waals surface area contributed by atoms with Crippen molar-refractivity contribution in [3.63, 3.8) is 0 Å². The second-order valence-corrected chi connectivity index (χ2v) is 6.35. The van der Waals surface area contributed by atoms with Crippen LogP contribution < -0.4 is 5.32 Å². The van der Waals surface area contributed by atoms with Crippen molar-refractivity contribution in [3.8, 4) is 28.7 Å². The van der Waals surface area contributed by atoms with Crippen LogP contribution >= 0.6 is 0 Å². The molecule has 2 aromatic carbocycles. The number of rotatable bonds is 3. The SMILES string of the molecule is O=C(NCC#Cc1ncccc1O)OCC1c2ccccc2-c2ccccc21. The van der Waals surface area contributed by atoms with Crippen LogP contribution in [-0.4, -0.2) is 29.3 Å². The minimum absolute atomic E-state index is 0.0103. The van der Waals surface area contributed by atoms with E-state index in [1.54, 1.807) is 12.3 Å². The summed E-state index contributed by atoms with van der Waals surface area (Å²) in [5.74, 6) is 5.49. The highest BCUT2D eigenvalue weighted by molar-refractivity contribution is 5.79. The number of nitrogens with zero attached hydrogens (tertiary/aromatic N) is 1. The number of carbonyl (C=O) groups excluding carboxylic acids is 1. The van der Waals surface area contributed by atoms with Gasteiger partial charge in [-0.1, -0.05) is 54.5 Å². The van der Waals surface area contributed by atoms with E-state index in [9.17, 15) is 9.90 Å². The van der Waals surface area contributed by atoms with Gasteiger partial charge in [-0.2, -0.15) is 0 Å². The lowest BCUT2D eigenvalue weighted by Gasteiger charge is -2.14. The number of aromatic hydroxyl groups is 1. The van der Waals surface area contributed by atoms with Gasteiger partial charge in [-0.15, -0.1) is 0 Å². The molecule has 0 bridgehead atoms. The third-order valence-corrected chi connectivity index (χ3v) is 4.66. The molecular formula is C23H18N2O3. The first kappa shape index (κ1) is 17.6. The summed E-state index contributed by atoms with van der Waals surface area (Å²) in [6.07, 6.45) is 1.02. The first-order valence-electron chi connectivity index (χ1n) is 8.96. The van der Waals surface area contributed by atoms with Gasteiger partial charge in [0.05, 0.1) is 6.54 Å². The summed E-state index contributed by atoms with van der Waals surface area (Å²) in [5, 5.41) is 12.2. The first-order chi connectivity index (χ1) is 13.7. The topological polar surface area (TPSA) is 71.5 Å². The Bertz CT molecular complexity index is 1040. The lowest BCUT2D eigenvalue weighted by atomic mass is 9.98. The lowest BCUT2D eigenvalue weighted by Crippen LogP contribution is -2.26. The molecule has 3 aromatic rings. The molecule has 0 radical (unpaired) electrons. The van der Waals surface area contributed by atoms with Crippen molar-refractivity contribution in [1.82, 2.24) is 10.3 Å². The Morgan fingerprint density at radius 2 is 1.71 bits per heavy atom. The highest BCUT2D eigenvalue weighted by Crippen LogP contribution is 2.44. The molecule has 1 heterocycles. The molecular weight excluding hydrogens is 352 g/mol. The molecule has 2 N–H and O–H groups in total. The van der Waals surface area contributed by atoms with Crippen LogP contribution in [0.25, 0.3) is 11.1 Å². The van der Waals surface area contributed by atoms with Gasteiger partial charge in [-0.05, 0) is 40.3 Å². The molecule has 0 fully saturated rings. The predicted octanol–water partition coefficient (Wildman–Crippen LogP) is 3.68. The fraction of sp³-hybridized carbons (Fsp3) is 0.130. The third-order valence-electron chi connectivity index (χ3n) is 4.66. The van der Waals surface area contributed by atoms with E-state index in [4.69, 9.17) is 4.74 Å². The molecule has 28 heavy (non-hydrogen) atoms. The zero-order valence-electron chi connectivity index (χ0n) is 15.1. The minimum Gasteiger partial charge on any atom is -0.505 e. The highest BCUT2D eigenvalue weighted by atomic mass is 16.5. The van der Waals surface area contributed by atoms with E-state index in [-0.39, 0.29) is 30.5 Å². The van der Waals surface area contributed by atoms with E-state index in [0.29, 0.717) is 0 Å². The van der Waals surface area contributed by atoms with E-state index in [2.05, 4.69) is 46.4 Å². The number of aromatic nitrogens is 1. The van der Waals surface area contributed by atoms with Crippen molar-refractivity contribution < 1.29 is 14.6 Å². The number of fused-ring (bicyclic) bond motifs is 3. The van der Waals surface area contributed by atoms with E-state index in [1.807, 2.05) is 24.3 Å². The molecule has 0 aliphatic heterocycles. The number of pyridine rings is 1. The number of carbonyl (C=O) groups is 1. The average Bonchev–Trinajstić information content (AvgIpc) is 3.05. The second-order valence-electron chi connectivity index (χ2n) is 6.35. The summed E-state index contributed by atoms with van der Waals surface area (Å²) in [7, 11) is 0. The van der Waals surface area contributed by atoms with Crippen LogP contribution in [0.2, 0.25) is 0 Å². The molecule has 5 nitrogen and oxygen atoms in total. The molecule has 5 heteroatoms. The quantitative estimate of drug-likeness (QED) is 0.690. The molecule has 4 rings (SSSR count). The maximum absolute atomic E-state index is 12.0. The minimum atomic E-state index is -0.526. The number of benzene rings is 2. The smallest absolute Gasteiger partial charge is 0.407 e. The van der Waals surface area contributed by atoms with Gasteiger partial charge in [0.2, 0.25) is 0 Å². The Balaban J connectivity index is 1.36. The summed E-state index contributed by atoms with van der Waals surface area (Å²) in [5.41, 5.74) is 4.99. The molecule has 1 aliphatic carbocycles. The summed E-state index contributed by atoms with van der Waals surface area (Å²) < 4.78 is 5.43. The Morgan fingerprint density at radius 3 is 2.39 bits per heavy atom. The van der Waals surface area contributed by atoms with E-state index in [1.165, 1.54) is 28.3 Å². The fourth-order valence-electron chi connectivity index (χ4n) is 3.39. The van der Waals surface area contributed by atoms with Crippen LogP contribution in [-0.2, 0) is 4.74 Å². The van der Waals surface area contributed by atoms with Gasteiger partial charge >= 0.3 is 6.09 Å². The van der Waals surface area contributed by atoms with Gasteiger partial charge in [0.1, 0.15) is 12.4 Å². The lowest BCUT2D eigenvalue weighted by molar-refractivity contribution is 0.144. The zero-order valence-corrected chi connectivity index (χ0v) is 15.1. The van der Waals surface area contributed by atoms with Gasteiger partial charge in [0, 0.05) is 12.1 Å². The van der Waals surface area contributed by atoms with Gasteiger partial charge in [0.15, 0.2) is 5.69 Å². The molecule has 1 amide bonds. The van der Waals surface area contributed by atoms with Crippen LogP contribution in [0.15, 0.2) is 66.9 Å². The Kier molecular flexibility index (Phi) is 4.94. The Hall–Kier alpha value is -3.78. The first-order valence-corrected chi connectivity index (χ1v) is 8.96. The monoisotopic (exact) mass is 370 g/mol. The normalized spacial score (nSPS) is 11.7. The number of nitrogens with one attached hydrogen (secondary N) is 1. The van der Waals surface area contributed by atoms with Crippen molar-refractivity contribution in [2.75, 3.05) is 13.2 Å². The molecule has 1 aromatic heterocycles. The Morgan fingerprint density at radius 1 is 1.04 bits per heavy atom. The second kappa shape index (κ2) is 7.85. The maximum Gasteiger partial charge on any atom is 0.407 e. The van der Waals surface area contributed by atoms with Crippen molar-refractivity contribution in [3.05, 3.63) is 83.7 Å². The van der Waals surface area contributed by atoms with Gasteiger partial charge in [-0.25, -0.2) is 9.78 Å². The third kappa shape index (κ3) is 3.53. The number of ether oxygens (including phenoxy) is 1. The average molecular weight is 370 g/mol. The fourth-order valence-corrected chi connectivity index (χ4v) is 3.39. The highest BCUT2D eigenvalue weighted by Gasteiger charge is 2.28. The number of alkyl carbamates (subject to hydrolysis) is 1. The molecule has 138 valence electrons. The van der Waals surface area contributed by atoms with Crippen molar-refractivity contribution in [2.24, 2.45) is 0 Å². The standard InChI is InChI=1S/C23H18N2O3/c26-22-12-6-13-24-21(22)11-5-14-25-23(27)28-15-20-18-9-3-1-7-16(18)17-8-2-4-10-19(17)20/h1-4,6-10,12-13,20,26H,14-15H2,(H,25,27). The number of hydrogen-bond acceptors (Lipinski definition) is 4.